The molecule has 1 heterocycles. The van der Waals surface area contributed by atoms with Crippen molar-refractivity contribution in [2.45, 2.75) is 12.7 Å². The lowest BCUT2D eigenvalue weighted by molar-refractivity contribution is -0.144. The Bertz CT molecular complexity index is 619. The van der Waals surface area contributed by atoms with Crippen molar-refractivity contribution in [3.8, 4) is 0 Å². The van der Waals surface area contributed by atoms with E-state index in [2.05, 4.69) is 31.2 Å². The summed E-state index contributed by atoms with van der Waals surface area (Å²) in [5, 5.41) is 2.53. The Morgan fingerprint density at radius 3 is 2.55 bits per heavy atom. The highest BCUT2D eigenvalue weighted by atomic mass is 79.9. The van der Waals surface area contributed by atoms with Crippen molar-refractivity contribution in [2.75, 3.05) is 5.32 Å². The number of anilines is 1. The number of benzene rings is 1. The molecule has 0 amide bonds. The normalized spacial score (nSPS) is 11.4. The number of aromatic nitrogens is 2. The number of alkyl halides is 3. The Kier molecular flexibility index (Phi) is 4.49. The summed E-state index contributed by atoms with van der Waals surface area (Å²) < 4.78 is 38.5. The molecule has 0 bridgehead atoms. The van der Waals surface area contributed by atoms with Crippen molar-refractivity contribution < 1.29 is 13.2 Å². The monoisotopic (exact) mass is 365 g/mol. The van der Waals surface area contributed by atoms with Crippen LogP contribution >= 0.6 is 27.5 Å². The largest absolute Gasteiger partial charge is 0.451 e. The molecule has 0 fully saturated rings. The maximum Gasteiger partial charge on any atom is 0.451 e. The van der Waals surface area contributed by atoms with Crippen LogP contribution in [0.2, 0.25) is 5.15 Å². The molecule has 0 saturated heterocycles. The molecule has 0 aliphatic carbocycles. The summed E-state index contributed by atoms with van der Waals surface area (Å²) in [6.07, 6.45) is -4.63. The van der Waals surface area contributed by atoms with E-state index >= 15 is 0 Å². The third-order valence-electron chi connectivity index (χ3n) is 2.37. The van der Waals surface area contributed by atoms with Gasteiger partial charge in [0.2, 0.25) is 5.82 Å². The van der Waals surface area contributed by atoms with Crippen molar-refractivity contribution in [1.82, 2.24) is 9.97 Å². The summed E-state index contributed by atoms with van der Waals surface area (Å²) in [7, 11) is 0. The average Bonchev–Trinajstić information content (AvgIpc) is 2.36. The first-order chi connectivity index (χ1) is 9.36. The summed E-state index contributed by atoms with van der Waals surface area (Å²) in [4.78, 5) is 6.56. The first-order valence-electron chi connectivity index (χ1n) is 5.45. The van der Waals surface area contributed by atoms with Crippen LogP contribution in [0.5, 0.6) is 0 Å². The highest BCUT2D eigenvalue weighted by molar-refractivity contribution is 9.10. The number of rotatable bonds is 3. The molecule has 0 saturated carbocycles. The summed E-state index contributed by atoms with van der Waals surface area (Å²) in [6.45, 7) is 0.312. The van der Waals surface area contributed by atoms with Crippen LogP contribution < -0.4 is 5.32 Å². The smallest absolute Gasteiger partial charge is 0.366 e. The lowest BCUT2D eigenvalue weighted by Crippen LogP contribution is -2.13. The van der Waals surface area contributed by atoms with Gasteiger partial charge in [0.1, 0.15) is 11.0 Å². The molecule has 3 nitrogen and oxygen atoms in total. The lowest BCUT2D eigenvalue weighted by Gasteiger charge is -2.10. The van der Waals surface area contributed by atoms with Gasteiger partial charge < -0.3 is 5.32 Å². The third-order valence-corrected chi connectivity index (χ3v) is 3.33. The molecule has 0 unspecified atom stereocenters. The molecule has 1 aromatic heterocycles. The molecule has 1 N–H and O–H groups in total. The van der Waals surface area contributed by atoms with Crippen LogP contribution in [0.3, 0.4) is 0 Å². The van der Waals surface area contributed by atoms with Gasteiger partial charge in [-0.1, -0.05) is 45.7 Å². The van der Waals surface area contributed by atoms with E-state index in [4.69, 9.17) is 11.6 Å². The first-order valence-corrected chi connectivity index (χ1v) is 6.62. The van der Waals surface area contributed by atoms with Crippen LogP contribution in [0.15, 0.2) is 34.8 Å². The van der Waals surface area contributed by atoms with Gasteiger partial charge in [-0.05, 0) is 11.6 Å². The topological polar surface area (TPSA) is 37.8 Å². The van der Waals surface area contributed by atoms with Crippen LogP contribution in [0, 0.1) is 0 Å². The van der Waals surface area contributed by atoms with E-state index in [9.17, 15) is 13.2 Å². The second-order valence-electron chi connectivity index (χ2n) is 3.84. The summed E-state index contributed by atoms with van der Waals surface area (Å²) in [5.74, 6) is -1.24. The van der Waals surface area contributed by atoms with Crippen LogP contribution in [0.1, 0.15) is 11.4 Å². The van der Waals surface area contributed by atoms with Gasteiger partial charge in [-0.25, -0.2) is 9.97 Å². The number of nitrogens with zero attached hydrogens (tertiary/aromatic N) is 2. The van der Waals surface area contributed by atoms with Crippen LogP contribution in [-0.4, -0.2) is 9.97 Å². The van der Waals surface area contributed by atoms with E-state index in [1.807, 2.05) is 24.3 Å². The van der Waals surface area contributed by atoms with E-state index in [0.29, 0.717) is 6.54 Å². The molecule has 2 aromatic rings. The van der Waals surface area contributed by atoms with Crippen molar-refractivity contribution >= 4 is 33.3 Å². The van der Waals surface area contributed by atoms with Crippen molar-refractivity contribution in [1.29, 1.82) is 0 Å². The fourth-order valence-electron chi connectivity index (χ4n) is 1.46. The molecule has 106 valence electrons. The van der Waals surface area contributed by atoms with Crippen LogP contribution in [0.4, 0.5) is 19.0 Å². The number of halogens is 5. The molecule has 0 aliphatic heterocycles. The standard InChI is InChI=1S/C12H8BrClF3N3/c13-8-4-2-1-3-7(8)6-18-10-5-9(14)19-11(20-10)12(15,16)17/h1-5H,6H2,(H,18,19,20). The quantitative estimate of drug-likeness (QED) is 0.812. The van der Waals surface area contributed by atoms with E-state index in [0.717, 1.165) is 10.0 Å². The molecule has 2 rings (SSSR count). The number of hydrogen-bond donors (Lipinski definition) is 1. The maximum absolute atomic E-state index is 12.6. The Morgan fingerprint density at radius 2 is 1.90 bits per heavy atom. The minimum absolute atomic E-state index is 0.0214. The number of nitrogens with one attached hydrogen (secondary N) is 1. The first kappa shape index (κ1) is 15.1. The van der Waals surface area contributed by atoms with Gasteiger partial charge in [-0.2, -0.15) is 13.2 Å². The molecular weight excluding hydrogens is 359 g/mol. The zero-order chi connectivity index (χ0) is 14.8. The van der Waals surface area contributed by atoms with E-state index in [1.54, 1.807) is 0 Å². The van der Waals surface area contributed by atoms with Gasteiger partial charge in [0.15, 0.2) is 0 Å². The van der Waals surface area contributed by atoms with Gasteiger partial charge >= 0.3 is 6.18 Å². The molecule has 0 radical (unpaired) electrons. The molecule has 8 heteroatoms. The second-order valence-corrected chi connectivity index (χ2v) is 5.08. The van der Waals surface area contributed by atoms with Crippen molar-refractivity contribution in [3.05, 3.63) is 51.3 Å². The second kappa shape index (κ2) is 5.97. The summed E-state index contributed by atoms with van der Waals surface area (Å²) in [5.41, 5.74) is 0.885. The Hall–Kier alpha value is -1.34. The van der Waals surface area contributed by atoms with E-state index < -0.39 is 12.0 Å². The highest BCUT2D eigenvalue weighted by Crippen LogP contribution is 2.28. The molecule has 0 spiro atoms. The van der Waals surface area contributed by atoms with Crippen molar-refractivity contribution in [3.63, 3.8) is 0 Å². The fraction of sp³-hybridized carbons (Fsp3) is 0.167. The predicted octanol–water partition coefficient (Wildman–Crippen LogP) is 4.52. The van der Waals surface area contributed by atoms with Crippen molar-refractivity contribution in [2.24, 2.45) is 0 Å². The third kappa shape index (κ3) is 3.83. The Balaban J connectivity index is 2.18. The minimum Gasteiger partial charge on any atom is -0.366 e. The average molecular weight is 367 g/mol. The van der Waals surface area contributed by atoms with E-state index in [1.165, 1.54) is 6.07 Å². The predicted molar refractivity (Wildman–Crippen MR) is 73.5 cm³/mol. The van der Waals surface area contributed by atoms with Gasteiger partial charge in [0, 0.05) is 17.1 Å². The zero-order valence-corrected chi connectivity index (χ0v) is 12.2. The maximum atomic E-state index is 12.6. The van der Waals surface area contributed by atoms with E-state index in [-0.39, 0.29) is 11.0 Å². The van der Waals surface area contributed by atoms with Crippen LogP contribution in [0.25, 0.3) is 0 Å². The molecule has 1 aromatic carbocycles. The summed E-state index contributed by atoms with van der Waals surface area (Å²) >= 11 is 8.92. The minimum atomic E-state index is -4.63. The molecular formula is C12H8BrClF3N3. The van der Waals surface area contributed by atoms with Gasteiger partial charge in [0.25, 0.3) is 0 Å². The van der Waals surface area contributed by atoms with Crippen LogP contribution in [-0.2, 0) is 12.7 Å². The fourth-order valence-corrected chi connectivity index (χ4v) is 2.07. The van der Waals surface area contributed by atoms with Gasteiger partial charge in [-0.15, -0.1) is 0 Å². The van der Waals surface area contributed by atoms with Gasteiger partial charge in [-0.3, -0.25) is 0 Å². The number of hydrogen-bond acceptors (Lipinski definition) is 3. The SMILES string of the molecule is FC(F)(F)c1nc(Cl)cc(NCc2ccccc2Br)n1. The van der Waals surface area contributed by atoms with Gasteiger partial charge in [0.05, 0.1) is 0 Å². The molecule has 0 aliphatic rings. The Morgan fingerprint density at radius 1 is 1.20 bits per heavy atom. The summed E-state index contributed by atoms with van der Waals surface area (Å²) in [6, 6.07) is 8.59. The highest BCUT2D eigenvalue weighted by Gasteiger charge is 2.35. The lowest BCUT2D eigenvalue weighted by atomic mass is 10.2. The Labute approximate surface area is 126 Å². The molecule has 20 heavy (non-hydrogen) atoms. The zero-order valence-electron chi connectivity index (χ0n) is 9.88. The molecule has 0 atom stereocenters.